The van der Waals surface area contributed by atoms with E-state index >= 15 is 0 Å². The molecule has 1 N–H and O–H groups in total. The van der Waals surface area contributed by atoms with Gasteiger partial charge in [-0.2, -0.15) is 0 Å². The Bertz CT molecular complexity index is 1490. The molecule has 41 heavy (non-hydrogen) atoms. The first kappa shape index (κ1) is 32.7. The van der Waals surface area contributed by atoms with Gasteiger partial charge in [-0.3, -0.25) is 13.9 Å². The second-order valence-corrected chi connectivity index (χ2v) is 13.1. The first-order valence-electron chi connectivity index (χ1n) is 12.7. The van der Waals surface area contributed by atoms with Gasteiger partial charge in [-0.05, 0) is 47.4 Å². The minimum Gasteiger partial charge on any atom is -0.354 e. The van der Waals surface area contributed by atoms with Crippen LogP contribution in [0.1, 0.15) is 25.0 Å². The molecule has 2 amide bonds. The molecule has 3 aromatic carbocycles. The third-order valence-electron chi connectivity index (χ3n) is 6.16. The van der Waals surface area contributed by atoms with E-state index in [1.165, 1.54) is 11.0 Å². The van der Waals surface area contributed by atoms with Crippen LogP contribution in [-0.2, 0) is 32.6 Å². The molecular weight excluding hydrogens is 612 g/mol. The number of sulfonamides is 1. The van der Waals surface area contributed by atoms with Gasteiger partial charge in [0.15, 0.2) is 0 Å². The Labute approximate surface area is 255 Å². The molecule has 12 heteroatoms. The van der Waals surface area contributed by atoms with Crippen LogP contribution in [0.3, 0.4) is 0 Å². The van der Waals surface area contributed by atoms with Crippen LogP contribution in [0.4, 0.5) is 10.1 Å². The number of halogens is 4. The van der Waals surface area contributed by atoms with Gasteiger partial charge in [0, 0.05) is 19.5 Å². The summed E-state index contributed by atoms with van der Waals surface area (Å²) in [5, 5.41) is 3.19. The number of benzene rings is 3. The minimum atomic E-state index is -4.02. The lowest BCUT2D eigenvalue weighted by atomic mass is 10.0. The van der Waals surface area contributed by atoms with Crippen molar-refractivity contribution in [3.63, 3.8) is 0 Å². The molecular formula is C29H31Cl3FN3O4S. The molecule has 0 saturated carbocycles. The fourth-order valence-corrected chi connectivity index (χ4v) is 5.40. The van der Waals surface area contributed by atoms with Gasteiger partial charge in [0.1, 0.15) is 18.4 Å². The molecule has 0 radical (unpaired) electrons. The zero-order chi connectivity index (χ0) is 30.3. The van der Waals surface area contributed by atoms with E-state index in [9.17, 15) is 22.4 Å². The van der Waals surface area contributed by atoms with Crippen molar-refractivity contribution in [3.8, 4) is 0 Å². The Kier molecular flexibility index (Phi) is 11.4. The first-order valence-corrected chi connectivity index (χ1v) is 15.7. The van der Waals surface area contributed by atoms with E-state index in [1.807, 2.05) is 44.2 Å². The summed E-state index contributed by atoms with van der Waals surface area (Å²) in [6.45, 7) is 3.54. The van der Waals surface area contributed by atoms with Crippen LogP contribution in [0.5, 0.6) is 0 Å². The summed E-state index contributed by atoms with van der Waals surface area (Å²) in [6, 6.07) is 16.4. The molecule has 0 aliphatic carbocycles. The van der Waals surface area contributed by atoms with E-state index in [4.69, 9.17) is 34.8 Å². The number of carbonyl (C=O) groups is 2. The Morgan fingerprint density at radius 3 is 2.17 bits per heavy atom. The van der Waals surface area contributed by atoms with E-state index in [-0.39, 0.29) is 34.6 Å². The third-order valence-corrected chi connectivity index (χ3v) is 8.33. The molecule has 0 saturated heterocycles. The summed E-state index contributed by atoms with van der Waals surface area (Å²) in [6.07, 6.45) is 1.09. The average molecular weight is 643 g/mol. The molecule has 0 heterocycles. The second-order valence-electron chi connectivity index (χ2n) is 9.98. The highest BCUT2D eigenvalue weighted by Gasteiger charge is 2.33. The van der Waals surface area contributed by atoms with Gasteiger partial charge < -0.3 is 10.2 Å². The van der Waals surface area contributed by atoms with E-state index in [2.05, 4.69) is 5.32 Å². The van der Waals surface area contributed by atoms with Crippen molar-refractivity contribution < 1.29 is 22.4 Å². The molecule has 1 atom stereocenters. The van der Waals surface area contributed by atoms with Gasteiger partial charge in [-0.25, -0.2) is 12.8 Å². The second kappa shape index (κ2) is 14.4. The fraction of sp³-hybridized carbons (Fsp3) is 0.310. The fourth-order valence-electron chi connectivity index (χ4n) is 4.07. The quantitative estimate of drug-likeness (QED) is 0.264. The topological polar surface area (TPSA) is 86.8 Å². The van der Waals surface area contributed by atoms with Crippen molar-refractivity contribution in [3.05, 3.63) is 98.7 Å². The van der Waals surface area contributed by atoms with Crippen molar-refractivity contribution in [1.82, 2.24) is 10.2 Å². The number of amides is 2. The van der Waals surface area contributed by atoms with Crippen LogP contribution in [0, 0.1) is 11.7 Å². The molecule has 0 aromatic heterocycles. The van der Waals surface area contributed by atoms with Gasteiger partial charge in [-0.1, -0.05) is 85.0 Å². The molecule has 0 aliphatic rings. The number of hydrogen-bond donors (Lipinski definition) is 1. The van der Waals surface area contributed by atoms with Crippen LogP contribution in [0.15, 0.2) is 66.7 Å². The molecule has 3 aromatic rings. The molecule has 220 valence electrons. The van der Waals surface area contributed by atoms with Crippen LogP contribution >= 0.6 is 34.8 Å². The van der Waals surface area contributed by atoms with Crippen molar-refractivity contribution in [2.45, 2.75) is 32.9 Å². The van der Waals surface area contributed by atoms with E-state index < -0.39 is 40.2 Å². The standard InChI is InChI=1S/C29H31Cl3FN3O4S/c1-19(2)16-34-29(38)27(14-20-7-5-4-6-8-20)35(17-21-9-11-23(30)24(31)13-21)28(37)18-36(41(3,39)40)22-10-12-26(33)25(32)15-22/h4-13,15,19,27H,14,16-18H2,1-3H3,(H,34,38)/t27-/m1/s1. The zero-order valence-electron chi connectivity index (χ0n) is 22.8. The minimum absolute atomic E-state index is 0.00519. The van der Waals surface area contributed by atoms with Gasteiger partial charge in [0.05, 0.1) is 27.0 Å². The van der Waals surface area contributed by atoms with Crippen LogP contribution in [0.25, 0.3) is 0 Å². The Morgan fingerprint density at radius 1 is 0.902 bits per heavy atom. The van der Waals surface area contributed by atoms with Crippen molar-refractivity contribution in [2.75, 3.05) is 23.7 Å². The summed E-state index contributed by atoms with van der Waals surface area (Å²) in [5.41, 5.74) is 1.39. The average Bonchev–Trinajstić information content (AvgIpc) is 2.91. The summed E-state index contributed by atoms with van der Waals surface area (Å²) in [4.78, 5) is 29.0. The number of rotatable bonds is 12. The maximum absolute atomic E-state index is 14.0. The predicted molar refractivity (Wildman–Crippen MR) is 162 cm³/mol. The van der Waals surface area contributed by atoms with Crippen LogP contribution < -0.4 is 9.62 Å². The third kappa shape index (κ3) is 9.33. The zero-order valence-corrected chi connectivity index (χ0v) is 25.9. The monoisotopic (exact) mass is 641 g/mol. The summed E-state index contributed by atoms with van der Waals surface area (Å²) in [7, 11) is -4.02. The van der Waals surface area contributed by atoms with Gasteiger partial charge >= 0.3 is 0 Å². The summed E-state index contributed by atoms with van der Waals surface area (Å²) < 4.78 is 40.3. The lowest BCUT2D eigenvalue weighted by Gasteiger charge is -2.33. The lowest BCUT2D eigenvalue weighted by molar-refractivity contribution is -0.140. The summed E-state index contributed by atoms with van der Waals surface area (Å²) in [5.74, 6) is -1.64. The van der Waals surface area contributed by atoms with Crippen molar-refractivity contribution in [2.24, 2.45) is 5.92 Å². The molecule has 0 spiro atoms. The highest BCUT2D eigenvalue weighted by atomic mass is 35.5. The molecule has 0 aliphatic heterocycles. The highest BCUT2D eigenvalue weighted by Crippen LogP contribution is 2.27. The van der Waals surface area contributed by atoms with Crippen LogP contribution in [0.2, 0.25) is 15.1 Å². The van der Waals surface area contributed by atoms with E-state index in [0.29, 0.717) is 17.1 Å². The molecule has 3 rings (SSSR count). The largest absolute Gasteiger partial charge is 0.354 e. The molecule has 0 fully saturated rings. The normalized spacial score (nSPS) is 12.2. The Hall–Kier alpha value is -2.85. The maximum Gasteiger partial charge on any atom is 0.244 e. The first-order chi connectivity index (χ1) is 19.3. The molecule has 7 nitrogen and oxygen atoms in total. The SMILES string of the molecule is CC(C)CNC(=O)[C@@H](Cc1ccccc1)N(Cc1ccc(Cl)c(Cl)c1)C(=O)CN(c1ccc(F)c(Cl)c1)S(C)(=O)=O. The van der Waals surface area contributed by atoms with E-state index in [1.54, 1.807) is 18.2 Å². The lowest BCUT2D eigenvalue weighted by Crippen LogP contribution is -2.53. The van der Waals surface area contributed by atoms with Gasteiger partial charge in [0.2, 0.25) is 21.8 Å². The van der Waals surface area contributed by atoms with E-state index in [0.717, 1.165) is 28.3 Å². The smallest absolute Gasteiger partial charge is 0.244 e. The van der Waals surface area contributed by atoms with Crippen LogP contribution in [-0.4, -0.2) is 50.5 Å². The maximum atomic E-state index is 14.0. The molecule has 0 unspecified atom stereocenters. The van der Waals surface area contributed by atoms with Crippen molar-refractivity contribution in [1.29, 1.82) is 0 Å². The van der Waals surface area contributed by atoms with Crippen molar-refractivity contribution >= 4 is 62.3 Å². The van der Waals surface area contributed by atoms with Gasteiger partial charge in [0.25, 0.3) is 0 Å². The number of nitrogens with one attached hydrogen (secondary N) is 1. The number of carbonyl (C=O) groups excluding carboxylic acids is 2. The number of nitrogens with zero attached hydrogens (tertiary/aromatic N) is 2. The molecule has 0 bridgehead atoms. The highest BCUT2D eigenvalue weighted by molar-refractivity contribution is 7.92. The number of anilines is 1. The Balaban J connectivity index is 2.07. The number of hydrogen-bond acceptors (Lipinski definition) is 4. The Morgan fingerprint density at radius 2 is 1.59 bits per heavy atom. The predicted octanol–water partition coefficient (Wildman–Crippen LogP) is 5.96. The van der Waals surface area contributed by atoms with Gasteiger partial charge in [-0.15, -0.1) is 0 Å². The summed E-state index contributed by atoms with van der Waals surface area (Å²) >= 11 is 18.3.